The van der Waals surface area contributed by atoms with Gasteiger partial charge in [-0.3, -0.25) is 4.79 Å². The summed E-state index contributed by atoms with van der Waals surface area (Å²) >= 11 is 0. The first-order valence-electron chi connectivity index (χ1n) is 7.02. The molecule has 0 saturated carbocycles. The molecule has 6 nitrogen and oxygen atoms in total. The standard InChI is InChI=1S/C17H13FN4O2/c18-11-3-6-15(23)13(9-11)14-7-8-20-17(22-14)21-12-4-1-10(2-5-12)16(19)24/h1-9,23H,(H2,19,24)(H,20,21,22). The molecule has 0 aliphatic rings. The molecule has 7 heteroatoms. The van der Waals surface area contributed by atoms with Gasteiger partial charge in [0.2, 0.25) is 11.9 Å². The van der Waals surface area contributed by atoms with Crippen LogP contribution in [-0.4, -0.2) is 21.0 Å². The second kappa shape index (κ2) is 6.33. The number of rotatable bonds is 4. The largest absolute Gasteiger partial charge is 0.507 e. The highest BCUT2D eigenvalue weighted by atomic mass is 19.1. The molecule has 0 saturated heterocycles. The maximum Gasteiger partial charge on any atom is 0.248 e. The molecule has 0 aliphatic heterocycles. The Balaban J connectivity index is 1.88. The Bertz CT molecular complexity index is 897. The van der Waals surface area contributed by atoms with Crippen molar-refractivity contribution in [3.05, 3.63) is 66.1 Å². The lowest BCUT2D eigenvalue weighted by Crippen LogP contribution is -2.10. The Hall–Kier alpha value is -3.48. The number of amides is 1. The van der Waals surface area contributed by atoms with Crippen molar-refractivity contribution in [3.8, 4) is 17.0 Å². The van der Waals surface area contributed by atoms with Gasteiger partial charge in [0.25, 0.3) is 0 Å². The van der Waals surface area contributed by atoms with E-state index in [1.54, 1.807) is 30.3 Å². The van der Waals surface area contributed by atoms with E-state index in [0.717, 1.165) is 0 Å². The van der Waals surface area contributed by atoms with Gasteiger partial charge in [-0.25, -0.2) is 14.4 Å². The fourth-order valence-electron chi connectivity index (χ4n) is 2.13. The summed E-state index contributed by atoms with van der Waals surface area (Å²) in [6.45, 7) is 0. The summed E-state index contributed by atoms with van der Waals surface area (Å²) in [5.41, 5.74) is 6.87. The summed E-state index contributed by atoms with van der Waals surface area (Å²) in [7, 11) is 0. The molecule has 2 aromatic carbocycles. The molecule has 120 valence electrons. The summed E-state index contributed by atoms with van der Waals surface area (Å²) in [6.07, 6.45) is 1.49. The number of phenolic OH excluding ortho intramolecular Hbond substituents is 1. The Morgan fingerprint density at radius 1 is 1.12 bits per heavy atom. The number of phenols is 1. The van der Waals surface area contributed by atoms with Crippen LogP contribution in [0.5, 0.6) is 5.75 Å². The van der Waals surface area contributed by atoms with E-state index in [1.165, 1.54) is 24.4 Å². The van der Waals surface area contributed by atoms with Crippen LogP contribution in [-0.2, 0) is 0 Å². The Morgan fingerprint density at radius 3 is 2.58 bits per heavy atom. The van der Waals surface area contributed by atoms with Crippen LogP contribution in [0.25, 0.3) is 11.3 Å². The third-order valence-electron chi connectivity index (χ3n) is 3.32. The average molecular weight is 324 g/mol. The van der Waals surface area contributed by atoms with Crippen LogP contribution in [0.3, 0.4) is 0 Å². The molecule has 0 spiro atoms. The summed E-state index contributed by atoms with van der Waals surface area (Å²) < 4.78 is 13.4. The van der Waals surface area contributed by atoms with E-state index < -0.39 is 11.7 Å². The number of nitrogens with two attached hydrogens (primary N) is 1. The molecule has 0 aliphatic carbocycles. The lowest BCUT2D eigenvalue weighted by molar-refractivity contribution is 0.100. The number of carbonyl (C=O) groups is 1. The zero-order valence-electron chi connectivity index (χ0n) is 12.4. The summed E-state index contributed by atoms with van der Waals surface area (Å²) in [4.78, 5) is 19.4. The number of halogens is 1. The van der Waals surface area contributed by atoms with Gasteiger partial charge in [-0.1, -0.05) is 0 Å². The Morgan fingerprint density at radius 2 is 1.88 bits per heavy atom. The monoisotopic (exact) mass is 324 g/mol. The molecule has 0 atom stereocenters. The van der Waals surface area contributed by atoms with Crippen molar-refractivity contribution in [2.75, 3.05) is 5.32 Å². The number of aromatic hydroxyl groups is 1. The SMILES string of the molecule is NC(=O)c1ccc(Nc2nccc(-c3cc(F)ccc3O)n2)cc1. The van der Waals surface area contributed by atoms with E-state index in [9.17, 15) is 14.3 Å². The van der Waals surface area contributed by atoms with Gasteiger partial charge >= 0.3 is 0 Å². The maximum atomic E-state index is 13.4. The predicted octanol–water partition coefficient (Wildman–Crippen LogP) is 2.83. The van der Waals surface area contributed by atoms with E-state index in [1.807, 2.05) is 0 Å². The Kier molecular flexibility index (Phi) is 4.07. The van der Waals surface area contributed by atoms with E-state index in [4.69, 9.17) is 5.73 Å². The lowest BCUT2D eigenvalue weighted by atomic mass is 10.1. The molecule has 0 radical (unpaired) electrons. The first kappa shape index (κ1) is 15.4. The van der Waals surface area contributed by atoms with Crippen LogP contribution in [0.15, 0.2) is 54.7 Å². The summed E-state index contributed by atoms with van der Waals surface area (Å²) in [5.74, 6) is -0.797. The van der Waals surface area contributed by atoms with Crippen molar-refractivity contribution >= 4 is 17.5 Å². The van der Waals surface area contributed by atoms with Gasteiger partial charge in [-0.2, -0.15) is 0 Å². The number of aromatic nitrogens is 2. The van der Waals surface area contributed by atoms with Gasteiger partial charge in [0.05, 0.1) is 5.69 Å². The molecule has 0 bridgehead atoms. The zero-order valence-corrected chi connectivity index (χ0v) is 12.4. The number of hydrogen-bond acceptors (Lipinski definition) is 5. The molecular weight excluding hydrogens is 311 g/mol. The minimum atomic E-state index is -0.513. The van der Waals surface area contributed by atoms with Gasteiger partial charge in [0.15, 0.2) is 0 Å². The number of benzene rings is 2. The topological polar surface area (TPSA) is 101 Å². The van der Waals surface area contributed by atoms with Crippen molar-refractivity contribution in [1.29, 1.82) is 0 Å². The third kappa shape index (κ3) is 3.30. The molecule has 1 heterocycles. The third-order valence-corrected chi connectivity index (χ3v) is 3.32. The minimum absolute atomic E-state index is 0.0770. The number of carbonyl (C=O) groups excluding carboxylic acids is 1. The zero-order chi connectivity index (χ0) is 17.1. The molecule has 0 fully saturated rings. The van der Waals surface area contributed by atoms with Crippen LogP contribution >= 0.6 is 0 Å². The second-order valence-corrected chi connectivity index (χ2v) is 4.99. The predicted molar refractivity (Wildman–Crippen MR) is 87.3 cm³/mol. The molecule has 24 heavy (non-hydrogen) atoms. The number of primary amides is 1. The van der Waals surface area contributed by atoms with E-state index >= 15 is 0 Å². The maximum absolute atomic E-state index is 13.4. The summed E-state index contributed by atoms with van der Waals surface area (Å²) in [5, 5.41) is 12.8. The number of hydrogen-bond donors (Lipinski definition) is 3. The van der Waals surface area contributed by atoms with Crippen molar-refractivity contribution in [2.45, 2.75) is 0 Å². The molecule has 3 rings (SSSR count). The molecule has 0 unspecified atom stereocenters. The van der Waals surface area contributed by atoms with Crippen LogP contribution in [0.1, 0.15) is 10.4 Å². The van der Waals surface area contributed by atoms with Crippen molar-refractivity contribution < 1.29 is 14.3 Å². The van der Waals surface area contributed by atoms with E-state index in [2.05, 4.69) is 15.3 Å². The minimum Gasteiger partial charge on any atom is -0.507 e. The highest BCUT2D eigenvalue weighted by Crippen LogP contribution is 2.28. The average Bonchev–Trinajstić information content (AvgIpc) is 2.58. The quantitative estimate of drug-likeness (QED) is 0.685. The number of nitrogens with zero attached hydrogens (tertiary/aromatic N) is 2. The summed E-state index contributed by atoms with van der Waals surface area (Å²) in [6, 6.07) is 11.7. The molecule has 3 aromatic rings. The second-order valence-electron chi connectivity index (χ2n) is 4.99. The van der Waals surface area contributed by atoms with Crippen LogP contribution in [0, 0.1) is 5.82 Å². The van der Waals surface area contributed by atoms with Gasteiger partial charge in [0.1, 0.15) is 11.6 Å². The molecular formula is C17H13FN4O2. The van der Waals surface area contributed by atoms with Gasteiger partial charge in [-0.15, -0.1) is 0 Å². The smallest absolute Gasteiger partial charge is 0.248 e. The van der Waals surface area contributed by atoms with Crippen molar-refractivity contribution in [2.24, 2.45) is 5.73 Å². The highest BCUT2D eigenvalue weighted by molar-refractivity contribution is 5.93. The highest BCUT2D eigenvalue weighted by Gasteiger charge is 2.09. The number of anilines is 2. The van der Waals surface area contributed by atoms with E-state index in [0.29, 0.717) is 16.9 Å². The van der Waals surface area contributed by atoms with Crippen molar-refractivity contribution in [3.63, 3.8) is 0 Å². The molecule has 4 N–H and O–H groups in total. The van der Waals surface area contributed by atoms with Crippen LogP contribution < -0.4 is 11.1 Å². The van der Waals surface area contributed by atoms with Crippen LogP contribution in [0.4, 0.5) is 16.0 Å². The first-order chi connectivity index (χ1) is 11.5. The first-order valence-corrected chi connectivity index (χ1v) is 7.02. The molecule has 1 amide bonds. The fraction of sp³-hybridized carbons (Fsp3) is 0. The molecule has 1 aromatic heterocycles. The van der Waals surface area contributed by atoms with Gasteiger partial charge < -0.3 is 16.2 Å². The van der Waals surface area contributed by atoms with Gasteiger partial charge in [0, 0.05) is 23.0 Å². The number of nitrogens with one attached hydrogen (secondary N) is 1. The van der Waals surface area contributed by atoms with Crippen molar-refractivity contribution in [1.82, 2.24) is 9.97 Å². The van der Waals surface area contributed by atoms with Gasteiger partial charge in [-0.05, 0) is 48.5 Å². The van der Waals surface area contributed by atoms with E-state index in [-0.39, 0.29) is 17.3 Å². The Labute approximate surface area is 136 Å². The lowest BCUT2D eigenvalue weighted by Gasteiger charge is -2.08. The normalized spacial score (nSPS) is 10.4. The van der Waals surface area contributed by atoms with Crippen LogP contribution in [0.2, 0.25) is 0 Å². The fourth-order valence-corrected chi connectivity index (χ4v) is 2.13.